The average Bonchev–Trinajstić information content (AvgIpc) is 3.36. The van der Waals surface area contributed by atoms with E-state index in [4.69, 9.17) is 0 Å². The molecule has 0 aromatic heterocycles. The van der Waals surface area contributed by atoms with Gasteiger partial charge in [0.25, 0.3) is 0 Å². The van der Waals surface area contributed by atoms with Gasteiger partial charge in [-0.05, 0) is 18.3 Å². The first-order chi connectivity index (χ1) is 13.5. The summed E-state index contributed by atoms with van der Waals surface area (Å²) in [6.07, 6.45) is 3.94. The van der Waals surface area contributed by atoms with Crippen molar-refractivity contribution in [2.75, 3.05) is 0 Å². The van der Waals surface area contributed by atoms with Gasteiger partial charge in [-0.25, -0.2) is 0 Å². The fourth-order valence-electron chi connectivity index (χ4n) is 4.90. The number of fused-ring (bicyclic) bond motifs is 4. The van der Waals surface area contributed by atoms with Crippen LogP contribution in [-0.4, -0.2) is 0 Å². The van der Waals surface area contributed by atoms with Gasteiger partial charge in [-0.15, -0.1) is 69.1 Å². The third kappa shape index (κ3) is 5.55. The summed E-state index contributed by atoms with van der Waals surface area (Å²) >= 11 is 0. The van der Waals surface area contributed by atoms with Gasteiger partial charge >= 0.3 is 26.2 Å². The molecular weight excluding hydrogens is 498 g/mol. The third-order valence-corrected chi connectivity index (χ3v) is 6.30. The van der Waals surface area contributed by atoms with E-state index in [1.165, 1.54) is 52.1 Å². The van der Waals surface area contributed by atoms with E-state index in [0.29, 0.717) is 11.8 Å². The zero-order chi connectivity index (χ0) is 19.8. The molecule has 0 nitrogen and oxygen atoms in total. The Morgan fingerprint density at radius 1 is 0.774 bits per heavy atom. The van der Waals surface area contributed by atoms with E-state index in [2.05, 4.69) is 89.2 Å². The molecule has 0 bridgehead atoms. The summed E-state index contributed by atoms with van der Waals surface area (Å²) in [5.74, 6) is 1.26. The molecule has 162 valence electrons. The van der Waals surface area contributed by atoms with Crippen LogP contribution < -0.4 is 24.8 Å². The second-order valence-electron chi connectivity index (χ2n) is 8.95. The number of halogens is 2. The summed E-state index contributed by atoms with van der Waals surface area (Å²) < 4.78 is 0. The Morgan fingerprint density at radius 3 is 1.97 bits per heavy atom. The van der Waals surface area contributed by atoms with E-state index in [1.54, 1.807) is 16.5 Å². The molecule has 3 heteroatoms. The summed E-state index contributed by atoms with van der Waals surface area (Å²) in [6, 6.07) is 20.2. The van der Waals surface area contributed by atoms with Gasteiger partial charge in [-0.2, -0.15) is 11.6 Å². The van der Waals surface area contributed by atoms with Crippen molar-refractivity contribution in [1.82, 2.24) is 0 Å². The van der Waals surface area contributed by atoms with Crippen LogP contribution in [0.2, 0.25) is 0 Å². The Kier molecular flexibility index (Phi) is 10.7. The zero-order valence-corrected chi connectivity index (χ0v) is 23.2. The Hall–Kier alpha value is -0.877. The average molecular weight is 531 g/mol. The van der Waals surface area contributed by atoms with Crippen LogP contribution in [-0.2, 0) is 39.0 Å². The first-order valence-electron chi connectivity index (χ1n) is 10.8. The molecule has 0 saturated carbocycles. The molecule has 0 spiro atoms. The van der Waals surface area contributed by atoms with Gasteiger partial charge in [0.15, 0.2) is 0 Å². The molecule has 1 aliphatic carbocycles. The van der Waals surface area contributed by atoms with Gasteiger partial charge in [0.2, 0.25) is 0 Å². The van der Waals surface area contributed by atoms with Crippen molar-refractivity contribution in [1.29, 1.82) is 0 Å². The minimum absolute atomic E-state index is 0. The monoisotopic (exact) mass is 528 g/mol. The molecule has 5 rings (SSSR count). The molecule has 0 N–H and O–H groups in total. The van der Waals surface area contributed by atoms with Crippen molar-refractivity contribution in [3.63, 3.8) is 0 Å². The van der Waals surface area contributed by atoms with Crippen LogP contribution in [0, 0.1) is 6.92 Å². The van der Waals surface area contributed by atoms with Crippen molar-refractivity contribution in [2.45, 2.75) is 65.7 Å². The predicted octanol–water partition coefficient (Wildman–Crippen LogP) is 2.17. The van der Waals surface area contributed by atoms with Crippen LogP contribution in [0.15, 0.2) is 54.6 Å². The van der Waals surface area contributed by atoms with Crippen molar-refractivity contribution in [3.05, 3.63) is 82.4 Å². The third-order valence-electron chi connectivity index (χ3n) is 6.30. The van der Waals surface area contributed by atoms with Gasteiger partial charge < -0.3 is 24.8 Å². The number of benzene rings is 2. The second kappa shape index (κ2) is 11.8. The van der Waals surface area contributed by atoms with Crippen molar-refractivity contribution >= 4 is 21.5 Å². The van der Waals surface area contributed by atoms with Gasteiger partial charge in [-0.1, -0.05) is 70.7 Å². The van der Waals surface area contributed by atoms with Crippen molar-refractivity contribution in [2.24, 2.45) is 0 Å². The van der Waals surface area contributed by atoms with E-state index in [-0.39, 0.29) is 51.0 Å². The maximum Gasteiger partial charge on any atom is 4.00 e. The van der Waals surface area contributed by atoms with Crippen LogP contribution >= 0.6 is 0 Å². The topological polar surface area (TPSA) is 0 Å². The number of rotatable bonds is 2. The SMILES string of the molecule is CC(C)c1cccc2[cH-]c3c(c12)CCC3.Cc1c[cH-]c2cccc(C(C)C)c12.[Cl-].[Cl-].[Zr+4]. The first-order valence-corrected chi connectivity index (χ1v) is 10.8. The van der Waals surface area contributed by atoms with E-state index < -0.39 is 0 Å². The second-order valence-corrected chi connectivity index (χ2v) is 8.95. The summed E-state index contributed by atoms with van der Waals surface area (Å²) in [7, 11) is 0. The molecule has 31 heavy (non-hydrogen) atoms. The minimum Gasteiger partial charge on any atom is -1.00 e. The van der Waals surface area contributed by atoms with E-state index in [1.807, 2.05) is 0 Å². The normalized spacial score (nSPS) is 12.1. The molecule has 0 amide bonds. The predicted molar refractivity (Wildman–Crippen MR) is 124 cm³/mol. The quantitative estimate of drug-likeness (QED) is 0.349. The molecule has 0 atom stereocenters. The van der Waals surface area contributed by atoms with Gasteiger partial charge in [-0.3, -0.25) is 0 Å². The summed E-state index contributed by atoms with van der Waals surface area (Å²) in [6.45, 7) is 11.3. The summed E-state index contributed by atoms with van der Waals surface area (Å²) in [5, 5.41) is 5.87. The maximum absolute atomic E-state index is 2.41. The largest absolute Gasteiger partial charge is 4.00 e. The molecule has 0 unspecified atom stereocenters. The Bertz CT molecular complexity index is 1110. The number of hydrogen-bond acceptors (Lipinski definition) is 0. The van der Waals surface area contributed by atoms with Crippen LogP contribution in [0.3, 0.4) is 0 Å². The molecule has 1 aliphatic rings. The zero-order valence-electron chi connectivity index (χ0n) is 19.2. The van der Waals surface area contributed by atoms with E-state index in [9.17, 15) is 0 Å². The molecule has 4 aromatic rings. The van der Waals surface area contributed by atoms with Gasteiger partial charge in [0.1, 0.15) is 0 Å². The molecule has 0 aliphatic heterocycles. The number of hydrogen-bond donors (Lipinski definition) is 0. The molecule has 0 heterocycles. The van der Waals surface area contributed by atoms with Crippen LogP contribution in [0.5, 0.6) is 0 Å². The Labute approximate surface area is 219 Å². The maximum atomic E-state index is 2.41. The van der Waals surface area contributed by atoms with Gasteiger partial charge in [0, 0.05) is 0 Å². The fraction of sp³-hybridized carbons (Fsp3) is 0.357. The first kappa shape index (κ1) is 28.2. The van der Waals surface area contributed by atoms with Crippen molar-refractivity contribution < 1.29 is 51.0 Å². The van der Waals surface area contributed by atoms with Crippen LogP contribution in [0.25, 0.3) is 21.5 Å². The molecule has 0 saturated heterocycles. The number of aryl methyl sites for hydroxylation is 3. The van der Waals surface area contributed by atoms with Crippen LogP contribution in [0.1, 0.15) is 73.8 Å². The van der Waals surface area contributed by atoms with Crippen LogP contribution in [0.4, 0.5) is 0 Å². The van der Waals surface area contributed by atoms with E-state index in [0.717, 1.165) is 0 Å². The fourth-order valence-corrected chi connectivity index (χ4v) is 4.90. The molecule has 0 radical (unpaired) electrons. The van der Waals surface area contributed by atoms with Crippen molar-refractivity contribution in [3.8, 4) is 0 Å². The smallest absolute Gasteiger partial charge is 1.00 e. The molecule has 0 fully saturated rings. The molecular formula is C28H32Cl2Zr. The Morgan fingerprint density at radius 2 is 1.35 bits per heavy atom. The summed E-state index contributed by atoms with van der Waals surface area (Å²) in [4.78, 5) is 0. The standard InChI is InChI=1S/C15H17.C13H15.2ClH.Zr/c1-10(2)13-7-4-6-12-9-11-5-3-8-14(11)15(12)13;1-9(2)12-6-4-5-11-8-7-10(3)13(11)12;;;/h4,6-7,9-10H,3,5,8H2,1-2H3;4-9H,1-3H3;2*1H;/q2*-1;;;+4/p-2. The Balaban J connectivity index is 0.000000285. The molecule has 4 aromatic carbocycles. The van der Waals surface area contributed by atoms with E-state index >= 15 is 0 Å². The minimum atomic E-state index is 0. The van der Waals surface area contributed by atoms with Gasteiger partial charge in [0.05, 0.1) is 0 Å². The summed E-state index contributed by atoms with van der Waals surface area (Å²) in [5.41, 5.74) is 7.67.